The van der Waals surface area contributed by atoms with Crippen LogP contribution in [0.25, 0.3) is 0 Å². The molecule has 2 heterocycles. The highest BCUT2D eigenvalue weighted by Crippen LogP contribution is 2.24. The van der Waals surface area contributed by atoms with Gasteiger partial charge in [-0.15, -0.1) is 0 Å². The fourth-order valence-corrected chi connectivity index (χ4v) is 1.64. The number of anilines is 1. The van der Waals surface area contributed by atoms with Crippen molar-refractivity contribution in [2.75, 3.05) is 11.9 Å². The molecule has 0 fully saturated rings. The predicted molar refractivity (Wildman–Crippen MR) is 65.4 cm³/mol. The number of fused-ring (bicyclic) bond motifs is 1. The lowest BCUT2D eigenvalue weighted by atomic mass is 10.2. The highest BCUT2D eigenvalue weighted by atomic mass is 16.5. The first-order chi connectivity index (χ1) is 7.66. The first-order valence-electron chi connectivity index (χ1n) is 5.55. The Balaban J connectivity index is 2.33. The van der Waals surface area contributed by atoms with Crippen LogP contribution >= 0.6 is 0 Å². The number of aryl methyl sites for hydroxylation is 1. The topological polar surface area (TPSA) is 46.5 Å². The van der Waals surface area contributed by atoms with Crippen molar-refractivity contribution in [2.45, 2.75) is 33.4 Å². The van der Waals surface area contributed by atoms with Gasteiger partial charge >= 0.3 is 0 Å². The second-order valence-electron chi connectivity index (χ2n) is 4.25. The number of pyridine rings is 1. The van der Waals surface area contributed by atoms with Crippen molar-refractivity contribution in [1.82, 2.24) is 4.98 Å². The molecule has 1 aromatic heterocycles. The third-order valence-corrected chi connectivity index (χ3v) is 2.36. The number of aromatic nitrogens is 1. The minimum absolute atomic E-state index is 0.367. The molecule has 0 unspecified atom stereocenters. The molecule has 1 N–H and O–H groups in total. The molecule has 2 rings (SSSR count). The Morgan fingerprint density at radius 3 is 3.00 bits per heavy atom. The summed E-state index contributed by atoms with van der Waals surface area (Å²) in [6, 6.07) is 2.46. The number of nitrogens with zero attached hydrogens (tertiary/aromatic N) is 2. The number of aliphatic imine (C=N–C) groups is 1. The molecule has 0 amide bonds. The fourth-order valence-electron chi connectivity index (χ4n) is 1.64. The summed E-state index contributed by atoms with van der Waals surface area (Å²) in [5.41, 5.74) is 2.19. The van der Waals surface area contributed by atoms with Crippen LogP contribution < -0.4 is 10.1 Å². The van der Waals surface area contributed by atoms with E-state index in [0.29, 0.717) is 25.1 Å². The first-order valence-corrected chi connectivity index (χ1v) is 5.55. The highest BCUT2D eigenvalue weighted by molar-refractivity contribution is 5.61. The van der Waals surface area contributed by atoms with Crippen LogP contribution in [-0.2, 0) is 6.54 Å². The van der Waals surface area contributed by atoms with Gasteiger partial charge in [0.1, 0.15) is 12.4 Å². The van der Waals surface area contributed by atoms with Crippen LogP contribution in [-0.4, -0.2) is 23.8 Å². The molecule has 0 saturated heterocycles. The monoisotopic (exact) mass is 219 g/mol. The maximum absolute atomic E-state index is 5.53. The standard InChI is InChI=1S/C12H17N3O/c1-8(2)14-11-9(3)6-10-7-13-4-5-16-12(10)15-11/h4,6,8H,5,7H2,1-3H3,(H,14,15). The van der Waals surface area contributed by atoms with E-state index >= 15 is 0 Å². The molecule has 1 aliphatic heterocycles. The molecular weight excluding hydrogens is 202 g/mol. The zero-order chi connectivity index (χ0) is 11.5. The van der Waals surface area contributed by atoms with Crippen LogP contribution in [0.1, 0.15) is 25.0 Å². The van der Waals surface area contributed by atoms with Gasteiger partial charge in [-0.2, -0.15) is 4.98 Å². The average molecular weight is 219 g/mol. The lowest BCUT2D eigenvalue weighted by molar-refractivity contribution is 0.364. The zero-order valence-corrected chi connectivity index (χ0v) is 9.95. The molecule has 1 aromatic rings. The summed E-state index contributed by atoms with van der Waals surface area (Å²) >= 11 is 0. The number of nitrogens with one attached hydrogen (secondary N) is 1. The van der Waals surface area contributed by atoms with Gasteiger partial charge in [-0.3, -0.25) is 4.99 Å². The van der Waals surface area contributed by atoms with Crippen molar-refractivity contribution in [3.05, 3.63) is 17.2 Å². The number of rotatable bonds is 2. The summed E-state index contributed by atoms with van der Waals surface area (Å²) in [6.45, 7) is 7.40. The normalized spacial score (nSPS) is 14.2. The minimum Gasteiger partial charge on any atom is -0.472 e. The largest absolute Gasteiger partial charge is 0.472 e. The summed E-state index contributed by atoms with van der Waals surface area (Å²) in [6.07, 6.45) is 1.78. The van der Waals surface area contributed by atoms with Gasteiger partial charge in [-0.1, -0.05) is 0 Å². The predicted octanol–water partition coefficient (Wildman–Crippen LogP) is 2.17. The van der Waals surface area contributed by atoms with E-state index in [-0.39, 0.29) is 0 Å². The average Bonchev–Trinajstić information content (AvgIpc) is 2.42. The van der Waals surface area contributed by atoms with E-state index in [1.807, 2.05) is 6.92 Å². The molecule has 16 heavy (non-hydrogen) atoms. The van der Waals surface area contributed by atoms with Crippen molar-refractivity contribution >= 4 is 12.0 Å². The summed E-state index contributed by atoms with van der Waals surface area (Å²) in [5.74, 6) is 1.60. The van der Waals surface area contributed by atoms with Crippen molar-refractivity contribution in [3.63, 3.8) is 0 Å². The van der Waals surface area contributed by atoms with Gasteiger partial charge in [-0.05, 0) is 32.4 Å². The molecule has 86 valence electrons. The van der Waals surface area contributed by atoms with Crippen molar-refractivity contribution in [3.8, 4) is 5.88 Å². The van der Waals surface area contributed by atoms with Crippen LogP contribution in [0, 0.1) is 6.92 Å². The number of hydrogen-bond acceptors (Lipinski definition) is 4. The van der Waals surface area contributed by atoms with Gasteiger partial charge in [0.15, 0.2) is 0 Å². The molecular formula is C12H17N3O. The maximum Gasteiger partial charge on any atom is 0.220 e. The third kappa shape index (κ3) is 2.32. The minimum atomic E-state index is 0.367. The van der Waals surface area contributed by atoms with Crippen LogP contribution in [0.5, 0.6) is 5.88 Å². The molecule has 0 aliphatic carbocycles. The van der Waals surface area contributed by atoms with E-state index in [0.717, 1.165) is 16.9 Å². The van der Waals surface area contributed by atoms with E-state index in [1.54, 1.807) is 6.21 Å². The Kier molecular flexibility index (Phi) is 3.08. The van der Waals surface area contributed by atoms with Gasteiger partial charge in [-0.25, -0.2) is 0 Å². The summed E-state index contributed by atoms with van der Waals surface area (Å²) in [5, 5.41) is 3.31. The molecule has 4 heteroatoms. The van der Waals surface area contributed by atoms with E-state index in [4.69, 9.17) is 4.74 Å². The van der Waals surface area contributed by atoms with Gasteiger partial charge in [0.2, 0.25) is 5.88 Å². The molecule has 0 radical (unpaired) electrons. The Labute approximate surface area is 95.8 Å². The second-order valence-corrected chi connectivity index (χ2v) is 4.25. The molecule has 0 spiro atoms. The summed E-state index contributed by atoms with van der Waals surface area (Å²) < 4.78 is 5.53. The van der Waals surface area contributed by atoms with E-state index in [1.165, 1.54) is 0 Å². The lowest BCUT2D eigenvalue weighted by Crippen LogP contribution is -2.13. The van der Waals surface area contributed by atoms with Crippen molar-refractivity contribution in [1.29, 1.82) is 0 Å². The van der Waals surface area contributed by atoms with Gasteiger partial charge in [0.05, 0.1) is 6.54 Å². The Morgan fingerprint density at radius 1 is 1.44 bits per heavy atom. The summed E-state index contributed by atoms with van der Waals surface area (Å²) in [4.78, 5) is 8.73. The zero-order valence-electron chi connectivity index (χ0n) is 9.95. The van der Waals surface area contributed by atoms with Gasteiger partial charge in [0.25, 0.3) is 0 Å². The molecule has 0 bridgehead atoms. The number of hydrogen-bond donors (Lipinski definition) is 1. The van der Waals surface area contributed by atoms with E-state index in [9.17, 15) is 0 Å². The van der Waals surface area contributed by atoms with Crippen LogP contribution in [0.2, 0.25) is 0 Å². The van der Waals surface area contributed by atoms with Crippen LogP contribution in [0.3, 0.4) is 0 Å². The fraction of sp³-hybridized carbons (Fsp3) is 0.500. The SMILES string of the molecule is Cc1cc2c(nc1NC(C)C)OCC=NC2. The Morgan fingerprint density at radius 2 is 2.25 bits per heavy atom. The molecule has 0 aromatic carbocycles. The molecule has 0 saturated carbocycles. The van der Waals surface area contributed by atoms with E-state index < -0.39 is 0 Å². The molecule has 4 nitrogen and oxygen atoms in total. The third-order valence-electron chi connectivity index (χ3n) is 2.36. The first kappa shape index (κ1) is 10.9. The quantitative estimate of drug-likeness (QED) is 0.829. The van der Waals surface area contributed by atoms with Crippen molar-refractivity contribution in [2.24, 2.45) is 4.99 Å². The molecule has 0 atom stereocenters. The molecule has 1 aliphatic rings. The maximum atomic E-state index is 5.53. The van der Waals surface area contributed by atoms with Crippen molar-refractivity contribution < 1.29 is 4.74 Å². The van der Waals surface area contributed by atoms with Gasteiger partial charge < -0.3 is 10.1 Å². The summed E-state index contributed by atoms with van der Waals surface area (Å²) in [7, 11) is 0. The van der Waals surface area contributed by atoms with Gasteiger partial charge in [0, 0.05) is 17.8 Å². The number of ether oxygens (including phenoxy) is 1. The second kappa shape index (κ2) is 4.51. The van der Waals surface area contributed by atoms with Crippen LogP contribution in [0.15, 0.2) is 11.1 Å². The Bertz CT molecular complexity index is 413. The van der Waals surface area contributed by atoms with Crippen LogP contribution in [0.4, 0.5) is 5.82 Å². The smallest absolute Gasteiger partial charge is 0.220 e. The lowest BCUT2D eigenvalue weighted by Gasteiger charge is -2.14. The van der Waals surface area contributed by atoms with E-state index in [2.05, 4.69) is 35.2 Å². The highest BCUT2D eigenvalue weighted by Gasteiger charge is 2.12. The Hall–Kier alpha value is -1.58.